The topological polar surface area (TPSA) is 27.7 Å². The molecule has 124 valence electrons. The van der Waals surface area contributed by atoms with Crippen molar-refractivity contribution in [2.45, 2.75) is 65.6 Å². The van der Waals surface area contributed by atoms with Gasteiger partial charge in [-0.05, 0) is 52.4 Å². The molecule has 1 aliphatic rings. The molecule has 1 saturated carbocycles. The van der Waals surface area contributed by atoms with Crippen LogP contribution in [0.2, 0.25) is 0 Å². The lowest BCUT2D eigenvalue weighted by Gasteiger charge is -2.35. The SMILES string of the molecule is C=C(C)C1CCC(C)CC1OCCOCCCOC(C)C. The molecular formula is C18H34O3. The molecule has 0 spiro atoms. The summed E-state index contributed by atoms with van der Waals surface area (Å²) < 4.78 is 17.1. The van der Waals surface area contributed by atoms with E-state index in [9.17, 15) is 0 Å². The molecule has 0 aliphatic heterocycles. The van der Waals surface area contributed by atoms with Crippen LogP contribution in [0.15, 0.2) is 12.2 Å². The van der Waals surface area contributed by atoms with Gasteiger partial charge < -0.3 is 14.2 Å². The minimum Gasteiger partial charge on any atom is -0.379 e. The molecule has 0 saturated heterocycles. The Morgan fingerprint density at radius 3 is 2.57 bits per heavy atom. The van der Waals surface area contributed by atoms with Gasteiger partial charge in [0, 0.05) is 19.1 Å². The highest BCUT2D eigenvalue weighted by Gasteiger charge is 2.29. The molecule has 0 aromatic carbocycles. The highest BCUT2D eigenvalue weighted by Crippen LogP contribution is 2.34. The predicted octanol–water partition coefficient (Wildman–Crippen LogP) is 4.22. The quantitative estimate of drug-likeness (QED) is 0.446. The maximum Gasteiger partial charge on any atom is 0.0704 e. The van der Waals surface area contributed by atoms with Crippen LogP contribution in [0, 0.1) is 11.8 Å². The lowest BCUT2D eigenvalue weighted by Crippen LogP contribution is -2.32. The fourth-order valence-corrected chi connectivity index (χ4v) is 2.92. The smallest absolute Gasteiger partial charge is 0.0704 e. The molecule has 3 nitrogen and oxygen atoms in total. The summed E-state index contributed by atoms with van der Waals surface area (Å²) >= 11 is 0. The molecular weight excluding hydrogens is 264 g/mol. The molecule has 3 unspecified atom stereocenters. The van der Waals surface area contributed by atoms with Crippen LogP contribution in [0.3, 0.4) is 0 Å². The molecule has 1 rings (SSSR count). The third-order valence-electron chi connectivity index (χ3n) is 4.13. The van der Waals surface area contributed by atoms with Crippen LogP contribution < -0.4 is 0 Å². The van der Waals surface area contributed by atoms with Crippen LogP contribution in [-0.2, 0) is 14.2 Å². The standard InChI is InChI=1S/C18H34O3/c1-14(2)17-8-7-16(5)13-18(17)21-12-11-19-9-6-10-20-15(3)4/h15-18H,1,6-13H2,2-5H3. The van der Waals surface area contributed by atoms with Gasteiger partial charge in [-0.1, -0.05) is 19.1 Å². The Labute approximate surface area is 131 Å². The molecule has 3 atom stereocenters. The van der Waals surface area contributed by atoms with Crippen LogP contribution >= 0.6 is 0 Å². The Morgan fingerprint density at radius 1 is 1.14 bits per heavy atom. The summed E-state index contributed by atoms with van der Waals surface area (Å²) in [6.45, 7) is 15.6. The molecule has 0 aromatic rings. The first-order valence-corrected chi connectivity index (χ1v) is 8.47. The molecule has 3 heteroatoms. The van der Waals surface area contributed by atoms with Crippen LogP contribution in [-0.4, -0.2) is 38.6 Å². The zero-order chi connectivity index (χ0) is 15.7. The Kier molecular flexibility index (Phi) is 9.21. The maximum atomic E-state index is 6.05. The summed E-state index contributed by atoms with van der Waals surface area (Å²) in [4.78, 5) is 0. The normalized spacial score (nSPS) is 26.2. The summed E-state index contributed by atoms with van der Waals surface area (Å²) in [6.07, 6.45) is 5.25. The largest absolute Gasteiger partial charge is 0.379 e. The Morgan fingerprint density at radius 2 is 1.90 bits per heavy atom. The molecule has 0 aromatic heterocycles. The van der Waals surface area contributed by atoms with Gasteiger partial charge in [-0.25, -0.2) is 0 Å². The molecule has 1 fully saturated rings. The fraction of sp³-hybridized carbons (Fsp3) is 0.889. The van der Waals surface area contributed by atoms with E-state index in [2.05, 4.69) is 34.3 Å². The monoisotopic (exact) mass is 298 g/mol. The van der Waals surface area contributed by atoms with Crippen LogP contribution in [0.4, 0.5) is 0 Å². The van der Waals surface area contributed by atoms with Gasteiger partial charge in [0.25, 0.3) is 0 Å². The average molecular weight is 298 g/mol. The van der Waals surface area contributed by atoms with Gasteiger partial charge in [-0.2, -0.15) is 0 Å². The lowest BCUT2D eigenvalue weighted by molar-refractivity contribution is -0.0409. The van der Waals surface area contributed by atoms with Crippen molar-refractivity contribution in [1.82, 2.24) is 0 Å². The lowest BCUT2D eigenvalue weighted by atomic mass is 9.78. The van der Waals surface area contributed by atoms with Crippen LogP contribution in [0.1, 0.15) is 53.4 Å². The third-order valence-corrected chi connectivity index (χ3v) is 4.13. The Hall–Kier alpha value is -0.380. The third kappa shape index (κ3) is 7.98. The first-order chi connectivity index (χ1) is 10.0. The summed E-state index contributed by atoms with van der Waals surface area (Å²) in [5.41, 5.74) is 1.26. The minimum atomic E-state index is 0.306. The Bertz CT molecular complexity index is 288. The molecule has 0 bridgehead atoms. The van der Waals surface area contributed by atoms with E-state index in [4.69, 9.17) is 14.2 Å². The van der Waals surface area contributed by atoms with Gasteiger partial charge in [-0.3, -0.25) is 0 Å². The van der Waals surface area contributed by atoms with E-state index in [0.717, 1.165) is 32.0 Å². The summed E-state index contributed by atoms with van der Waals surface area (Å²) in [5, 5.41) is 0. The number of ether oxygens (including phenoxy) is 3. The minimum absolute atomic E-state index is 0.306. The highest BCUT2D eigenvalue weighted by atomic mass is 16.5. The second-order valence-corrected chi connectivity index (χ2v) is 6.67. The molecule has 0 N–H and O–H groups in total. The number of rotatable bonds is 10. The van der Waals surface area contributed by atoms with E-state index in [1.54, 1.807) is 0 Å². The van der Waals surface area contributed by atoms with Crippen molar-refractivity contribution >= 4 is 0 Å². The predicted molar refractivity (Wildman–Crippen MR) is 87.6 cm³/mol. The van der Waals surface area contributed by atoms with E-state index < -0.39 is 0 Å². The first kappa shape index (κ1) is 18.7. The van der Waals surface area contributed by atoms with E-state index in [0.29, 0.717) is 31.3 Å². The van der Waals surface area contributed by atoms with E-state index in [1.807, 2.05) is 0 Å². The summed E-state index contributed by atoms with van der Waals surface area (Å²) in [6, 6.07) is 0. The van der Waals surface area contributed by atoms with Crippen molar-refractivity contribution in [3.63, 3.8) is 0 Å². The van der Waals surface area contributed by atoms with Crippen LogP contribution in [0.25, 0.3) is 0 Å². The summed E-state index contributed by atoms with van der Waals surface area (Å²) in [7, 11) is 0. The van der Waals surface area contributed by atoms with Crippen LogP contribution in [0.5, 0.6) is 0 Å². The van der Waals surface area contributed by atoms with Crippen molar-refractivity contribution in [1.29, 1.82) is 0 Å². The number of hydrogen-bond acceptors (Lipinski definition) is 3. The first-order valence-electron chi connectivity index (χ1n) is 8.47. The van der Waals surface area contributed by atoms with Crippen molar-refractivity contribution in [2.24, 2.45) is 11.8 Å². The van der Waals surface area contributed by atoms with E-state index in [-0.39, 0.29) is 0 Å². The molecule has 0 radical (unpaired) electrons. The zero-order valence-electron chi connectivity index (χ0n) is 14.4. The Balaban J connectivity index is 2.08. The average Bonchev–Trinajstić information content (AvgIpc) is 2.41. The second kappa shape index (κ2) is 10.4. The fourth-order valence-electron chi connectivity index (χ4n) is 2.92. The maximum absolute atomic E-state index is 6.05. The van der Waals surface area contributed by atoms with Gasteiger partial charge in [0.05, 0.1) is 25.4 Å². The van der Waals surface area contributed by atoms with Crippen molar-refractivity contribution in [3.05, 3.63) is 12.2 Å². The van der Waals surface area contributed by atoms with E-state index >= 15 is 0 Å². The van der Waals surface area contributed by atoms with Gasteiger partial charge in [0.2, 0.25) is 0 Å². The van der Waals surface area contributed by atoms with E-state index in [1.165, 1.54) is 18.4 Å². The molecule has 1 aliphatic carbocycles. The molecule has 21 heavy (non-hydrogen) atoms. The molecule has 0 amide bonds. The summed E-state index contributed by atoms with van der Waals surface area (Å²) in [5.74, 6) is 1.29. The van der Waals surface area contributed by atoms with Gasteiger partial charge >= 0.3 is 0 Å². The molecule has 0 heterocycles. The van der Waals surface area contributed by atoms with Crippen molar-refractivity contribution < 1.29 is 14.2 Å². The highest BCUT2D eigenvalue weighted by molar-refractivity contribution is 5.02. The van der Waals surface area contributed by atoms with Gasteiger partial charge in [0.15, 0.2) is 0 Å². The second-order valence-electron chi connectivity index (χ2n) is 6.67. The number of hydrogen-bond donors (Lipinski definition) is 0. The van der Waals surface area contributed by atoms with Crippen molar-refractivity contribution in [2.75, 3.05) is 26.4 Å². The van der Waals surface area contributed by atoms with Gasteiger partial charge in [0.1, 0.15) is 0 Å². The van der Waals surface area contributed by atoms with Gasteiger partial charge in [-0.15, -0.1) is 0 Å². The zero-order valence-corrected chi connectivity index (χ0v) is 14.4. The van der Waals surface area contributed by atoms with Crippen molar-refractivity contribution in [3.8, 4) is 0 Å².